The first-order valence-corrected chi connectivity index (χ1v) is 17.7. The Kier molecular flexibility index (Phi) is 16.8. The number of hydrogen-bond donors (Lipinski definition) is 12. The van der Waals surface area contributed by atoms with Crippen molar-refractivity contribution in [3.63, 3.8) is 0 Å². The van der Waals surface area contributed by atoms with Gasteiger partial charge in [0.05, 0.1) is 31.3 Å². The minimum atomic E-state index is -1.64. The second kappa shape index (κ2) is 21.6. The number of likely N-dealkylation sites (N-methyl/N-ethyl adjacent to an activating group) is 1. The van der Waals surface area contributed by atoms with Crippen LogP contribution < -0.4 is 54.7 Å². The number of amides is 5. The van der Waals surface area contributed by atoms with Gasteiger partial charge in [0.15, 0.2) is 17.1 Å². The maximum Gasteiger partial charge on any atom is 0.305 e. The molecular formula is C34H46N14O10. The minimum Gasteiger partial charge on any atom is -0.481 e. The van der Waals surface area contributed by atoms with Crippen LogP contribution in [0.25, 0.3) is 11.2 Å². The van der Waals surface area contributed by atoms with Crippen LogP contribution in [0.15, 0.2) is 40.2 Å². The van der Waals surface area contributed by atoms with Gasteiger partial charge in [-0.25, -0.2) is 9.97 Å². The number of benzene rings is 1. The maximum atomic E-state index is 13.3. The molecule has 58 heavy (non-hydrogen) atoms. The van der Waals surface area contributed by atoms with Crippen molar-refractivity contribution < 1.29 is 43.8 Å². The van der Waals surface area contributed by atoms with E-state index in [-0.39, 0.29) is 61.8 Å². The molecule has 0 saturated heterocycles. The van der Waals surface area contributed by atoms with Gasteiger partial charge in [-0.3, -0.25) is 48.3 Å². The van der Waals surface area contributed by atoms with Crippen LogP contribution in [0.1, 0.15) is 61.5 Å². The lowest BCUT2D eigenvalue weighted by molar-refractivity contribution is -0.141. The molecule has 3 rings (SSSR count). The highest BCUT2D eigenvalue weighted by Gasteiger charge is 2.31. The zero-order valence-electron chi connectivity index (χ0n) is 31.5. The fourth-order valence-electron chi connectivity index (χ4n) is 5.24. The highest BCUT2D eigenvalue weighted by molar-refractivity contribution is 5.96. The summed E-state index contributed by atoms with van der Waals surface area (Å²) in [7, 11) is 1.23. The Morgan fingerprint density at radius 1 is 0.845 bits per heavy atom. The van der Waals surface area contributed by atoms with E-state index in [0.717, 1.165) is 0 Å². The first-order chi connectivity index (χ1) is 27.4. The average molecular weight is 811 g/mol. The van der Waals surface area contributed by atoms with Crippen LogP contribution in [0.2, 0.25) is 0 Å². The lowest BCUT2D eigenvalue weighted by Crippen LogP contribution is -2.57. The molecule has 0 saturated carbocycles. The Bertz CT molecular complexity index is 2070. The van der Waals surface area contributed by atoms with Gasteiger partial charge in [0.25, 0.3) is 11.5 Å². The third kappa shape index (κ3) is 14.7. The monoisotopic (exact) mass is 810 g/mol. The Balaban J connectivity index is 1.56. The number of carbonyl (C=O) groups excluding carboxylic acids is 5. The van der Waals surface area contributed by atoms with Crippen molar-refractivity contribution in [1.82, 2.24) is 46.5 Å². The van der Waals surface area contributed by atoms with E-state index >= 15 is 0 Å². The molecule has 2 heterocycles. The fraction of sp³-hybridized carbons (Fsp3) is 0.412. The van der Waals surface area contributed by atoms with Gasteiger partial charge in [-0.15, -0.1) is 0 Å². The number of nitrogens with zero attached hydrogens (tertiary/aromatic N) is 4. The number of H-pyrrole nitrogens is 1. The van der Waals surface area contributed by atoms with E-state index < -0.39 is 84.0 Å². The molecule has 0 fully saturated rings. The van der Waals surface area contributed by atoms with E-state index in [9.17, 15) is 48.6 Å². The molecule has 0 spiro atoms. The smallest absolute Gasteiger partial charge is 0.305 e. The number of hydrogen-bond acceptors (Lipinski definition) is 14. The summed E-state index contributed by atoms with van der Waals surface area (Å²) in [6, 6.07) is 1.33. The van der Waals surface area contributed by atoms with Crippen molar-refractivity contribution >= 4 is 70.2 Å². The van der Waals surface area contributed by atoms with E-state index in [1.807, 2.05) is 0 Å². The number of guanidine groups is 1. The van der Waals surface area contributed by atoms with Crippen molar-refractivity contribution in [1.29, 1.82) is 0 Å². The highest BCUT2D eigenvalue weighted by atomic mass is 16.4. The summed E-state index contributed by atoms with van der Waals surface area (Å²) < 4.78 is 0. The lowest BCUT2D eigenvalue weighted by Gasteiger charge is -2.24. The van der Waals surface area contributed by atoms with Crippen LogP contribution in [-0.4, -0.2) is 115 Å². The topological polar surface area (TPSA) is 394 Å². The van der Waals surface area contributed by atoms with Crippen LogP contribution >= 0.6 is 0 Å². The second-order valence-electron chi connectivity index (χ2n) is 12.8. The molecular weight excluding hydrogens is 764 g/mol. The molecule has 5 amide bonds. The Hall–Kier alpha value is -7.40. The second-order valence-corrected chi connectivity index (χ2v) is 12.8. The summed E-state index contributed by atoms with van der Waals surface area (Å²) in [5, 5.41) is 33.7. The SMILES string of the molecule is CNC(=O)[C@H](CC(=O)O)NC(=O)[C@H](CCCN=C(N)N)NC(=O)[C@H](CC(=O)O)NC(=O)CC[C@@H](C)NC(=O)c1ccc(NCc2cnc3nc(N)[nH]c(=O)c3n2)cc1. The number of carboxylic acids is 2. The Morgan fingerprint density at radius 2 is 1.47 bits per heavy atom. The molecule has 24 nitrogen and oxygen atoms in total. The van der Waals surface area contributed by atoms with Crippen molar-refractivity contribution in [2.45, 2.75) is 76.2 Å². The molecule has 0 bridgehead atoms. The van der Waals surface area contributed by atoms with E-state index in [2.05, 4.69) is 56.8 Å². The van der Waals surface area contributed by atoms with Crippen molar-refractivity contribution in [2.75, 3.05) is 24.6 Å². The van der Waals surface area contributed by atoms with Crippen molar-refractivity contribution in [3.8, 4) is 0 Å². The number of aliphatic imine (C=N–C) groups is 1. The first-order valence-electron chi connectivity index (χ1n) is 17.7. The number of rotatable bonds is 22. The molecule has 15 N–H and O–H groups in total. The largest absolute Gasteiger partial charge is 0.481 e. The number of aliphatic carboxylic acids is 2. The molecule has 0 aliphatic rings. The number of fused-ring (bicyclic) bond motifs is 1. The first kappa shape index (κ1) is 45.0. The fourth-order valence-corrected chi connectivity index (χ4v) is 5.24. The lowest BCUT2D eigenvalue weighted by atomic mass is 10.1. The van der Waals surface area contributed by atoms with Gasteiger partial charge in [0.1, 0.15) is 18.1 Å². The van der Waals surface area contributed by atoms with Crippen LogP contribution in [0, 0.1) is 0 Å². The molecule has 1 aromatic carbocycles. The van der Waals surface area contributed by atoms with Gasteiger partial charge in [-0.05, 0) is 50.5 Å². The third-order valence-corrected chi connectivity index (χ3v) is 8.16. The predicted octanol–water partition coefficient (Wildman–Crippen LogP) is -2.99. The van der Waals surface area contributed by atoms with Crippen LogP contribution in [0.4, 0.5) is 11.6 Å². The summed E-state index contributed by atoms with van der Waals surface area (Å²) in [5.41, 5.74) is 17.2. The van der Waals surface area contributed by atoms with E-state index in [0.29, 0.717) is 16.9 Å². The molecule has 4 atom stereocenters. The summed E-state index contributed by atoms with van der Waals surface area (Å²) in [4.78, 5) is 118. The van der Waals surface area contributed by atoms with Gasteiger partial charge in [-0.1, -0.05) is 0 Å². The van der Waals surface area contributed by atoms with Crippen LogP contribution in [-0.2, 0) is 35.3 Å². The number of nitrogens with one attached hydrogen (secondary N) is 7. The highest BCUT2D eigenvalue weighted by Crippen LogP contribution is 2.13. The van der Waals surface area contributed by atoms with Gasteiger partial charge < -0.3 is 59.3 Å². The number of aromatic amines is 1. The number of nitrogens with two attached hydrogens (primary N) is 3. The molecule has 2 aromatic heterocycles. The van der Waals surface area contributed by atoms with Gasteiger partial charge in [0.2, 0.25) is 29.6 Å². The third-order valence-electron chi connectivity index (χ3n) is 8.16. The summed E-state index contributed by atoms with van der Waals surface area (Å²) >= 11 is 0. The molecule has 0 aliphatic heterocycles. The average Bonchev–Trinajstić information content (AvgIpc) is 3.16. The number of carbonyl (C=O) groups is 7. The van der Waals surface area contributed by atoms with Crippen molar-refractivity contribution in [2.24, 2.45) is 16.5 Å². The molecule has 0 radical (unpaired) electrons. The zero-order valence-corrected chi connectivity index (χ0v) is 31.5. The zero-order chi connectivity index (χ0) is 42.9. The molecule has 312 valence electrons. The number of nitrogen functional groups attached to an aromatic ring is 1. The molecule has 24 heteroatoms. The van der Waals surface area contributed by atoms with Crippen LogP contribution in [0.5, 0.6) is 0 Å². The van der Waals surface area contributed by atoms with Crippen LogP contribution in [0.3, 0.4) is 0 Å². The maximum absolute atomic E-state index is 13.3. The van der Waals surface area contributed by atoms with E-state index in [1.54, 1.807) is 31.2 Å². The number of aromatic nitrogens is 4. The summed E-state index contributed by atoms with van der Waals surface area (Å²) in [5.74, 6) is -7.13. The molecule has 3 aromatic rings. The normalized spacial score (nSPS) is 12.8. The Labute approximate surface area is 329 Å². The Morgan fingerprint density at radius 3 is 2.09 bits per heavy atom. The van der Waals surface area contributed by atoms with Crippen molar-refractivity contribution in [3.05, 3.63) is 52.1 Å². The molecule has 0 unspecified atom stereocenters. The summed E-state index contributed by atoms with van der Waals surface area (Å²) in [6.07, 6.45) is -0.317. The van der Waals surface area contributed by atoms with E-state index in [1.165, 1.54) is 13.2 Å². The number of carboxylic acid groups (broad SMARTS) is 2. The van der Waals surface area contributed by atoms with E-state index in [4.69, 9.17) is 17.2 Å². The molecule has 0 aliphatic carbocycles. The quantitative estimate of drug-likeness (QED) is 0.0273. The van der Waals surface area contributed by atoms with Gasteiger partial charge in [0, 0.05) is 37.3 Å². The van der Waals surface area contributed by atoms with Gasteiger partial charge in [-0.2, -0.15) is 4.98 Å². The van der Waals surface area contributed by atoms with Gasteiger partial charge >= 0.3 is 11.9 Å². The summed E-state index contributed by atoms with van der Waals surface area (Å²) in [6.45, 7) is 1.88. The standard InChI is InChI=1S/C34H46N14O10/c1-16(42-28(54)17-6-8-18(9-7-17)40-14-19-15-41-27-26(43-19)32(58)48-34(37)47-27)5-10-23(49)44-22(13-25(52)53)31(57)45-20(4-3-11-39-33(35)36)30(56)46-21(12-24(50)51)29(55)38-2/h6-9,15-16,20-22,40H,3-5,10-14H2,1-2H3,(H,38,55)(H,42,54)(H,44,49)(H,45,57)(H,46,56)(H,50,51)(H,52,53)(H4,35,36,39)(H3,37,41,47,48,58)/t16-,20+,21+,22+/m1/s1. The predicted molar refractivity (Wildman–Crippen MR) is 207 cm³/mol. The minimum absolute atomic E-state index is 0.0333. The number of anilines is 2.